The van der Waals surface area contributed by atoms with Gasteiger partial charge in [-0.15, -0.1) is 0 Å². The molecule has 0 atom stereocenters. The van der Waals surface area contributed by atoms with Gasteiger partial charge in [-0.1, -0.05) is 212 Å². The van der Waals surface area contributed by atoms with E-state index in [9.17, 15) is 0 Å². The van der Waals surface area contributed by atoms with Crippen LogP contribution < -0.4 is 4.90 Å². The molecular formula is C70H46N2. The smallest absolute Gasteiger partial charge is 0.0562 e. The van der Waals surface area contributed by atoms with Crippen LogP contribution in [0, 0.1) is 0 Å². The molecule has 0 radical (unpaired) electrons. The van der Waals surface area contributed by atoms with Crippen LogP contribution in [0.4, 0.5) is 17.1 Å². The highest BCUT2D eigenvalue weighted by Gasteiger charge is 2.30. The summed E-state index contributed by atoms with van der Waals surface area (Å²) in [6, 6.07) is 103. The second kappa shape index (κ2) is 17.2. The molecule has 13 aromatic rings. The number of anilines is 3. The molecule has 0 saturated carbocycles. The van der Waals surface area contributed by atoms with E-state index in [1.54, 1.807) is 0 Å². The van der Waals surface area contributed by atoms with Crippen LogP contribution in [0.1, 0.15) is 0 Å². The average Bonchev–Trinajstić information content (AvgIpc) is 3.78. The van der Waals surface area contributed by atoms with Gasteiger partial charge in [0.2, 0.25) is 0 Å². The predicted molar refractivity (Wildman–Crippen MR) is 305 cm³/mol. The largest absolute Gasteiger partial charge is 0.309 e. The Bertz CT molecular complexity index is 4050. The van der Waals surface area contributed by atoms with Crippen LogP contribution in [0.5, 0.6) is 0 Å². The molecule has 1 aromatic heterocycles. The molecule has 2 heterocycles. The maximum atomic E-state index is 2.55. The van der Waals surface area contributed by atoms with Crippen LogP contribution in [0.25, 0.3) is 116 Å². The van der Waals surface area contributed by atoms with Crippen LogP contribution in [-0.4, -0.2) is 4.57 Å². The number of hydrogen-bond acceptors (Lipinski definition) is 1. The second-order valence-electron chi connectivity index (χ2n) is 18.9. The average molecular weight is 915 g/mol. The molecule has 0 amide bonds. The third kappa shape index (κ3) is 7.03. The van der Waals surface area contributed by atoms with Gasteiger partial charge in [0.25, 0.3) is 0 Å². The van der Waals surface area contributed by atoms with Crippen LogP contribution in [0.3, 0.4) is 0 Å². The molecule has 2 heteroatoms. The lowest BCUT2D eigenvalue weighted by molar-refractivity contribution is 1.18. The van der Waals surface area contributed by atoms with E-state index in [0.717, 1.165) is 33.8 Å². The van der Waals surface area contributed by atoms with Gasteiger partial charge in [-0.2, -0.15) is 0 Å². The molecule has 1 aliphatic rings. The van der Waals surface area contributed by atoms with E-state index in [-0.39, 0.29) is 0 Å². The molecule has 0 unspecified atom stereocenters. The lowest BCUT2D eigenvalue weighted by Crippen LogP contribution is -2.15. The Balaban J connectivity index is 1.11. The molecule has 2 nitrogen and oxygen atoms in total. The fourth-order valence-electron chi connectivity index (χ4n) is 11.3. The first kappa shape index (κ1) is 41.5. The molecular weight excluding hydrogens is 869 g/mol. The van der Waals surface area contributed by atoms with E-state index in [4.69, 9.17) is 0 Å². The number of fused-ring (bicyclic) bond motifs is 5. The quantitative estimate of drug-likeness (QED) is 0.147. The predicted octanol–water partition coefficient (Wildman–Crippen LogP) is 19.4. The fourth-order valence-corrected chi connectivity index (χ4v) is 11.3. The van der Waals surface area contributed by atoms with Gasteiger partial charge in [0.15, 0.2) is 0 Å². The number of hydrogen-bond donors (Lipinski definition) is 0. The molecule has 14 rings (SSSR count). The molecule has 0 spiro atoms. The lowest BCUT2D eigenvalue weighted by Gasteiger charge is -2.35. The minimum Gasteiger partial charge on any atom is -0.309 e. The molecule has 0 saturated heterocycles. The first-order valence-electron chi connectivity index (χ1n) is 24.8. The van der Waals surface area contributed by atoms with Gasteiger partial charge in [0.05, 0.1) is 22.4 Å². The summed E-state index contributed by atoms with van der Waals surface area (Å²) in [4.78, 5) is 2.55. The van der Waals surface area contributed by atoms with E-state index in [2.05, 4.69) is 289 Å². The highest BCUT2D eigenvalue weighted by Crippen LogP contribution is 2.55. The summed E-state index contributed by atoms with van der Waals surface area (Å²) in [6.07, 6.45) is 0. The number of nitrogens with zero attached hydrogens (tertiary/aromatic N) is 2. The van der Waals surface area contributed by atoms with Gasteiger partial charge < -0.3 is 9.47 Å². The molecule has 72 heavy (non-hydrogen) atoms. The van der Waals surface area contributed by atoms with Gasteiger partial charge >= 0.3 is 0 Å². The third-order valence-corrected chi connectivity index (χ3v) is 14.6. The van der Waals surface area contributed by atoms with Crippen LogP contribution in [0.2, 0.25) is 0 Å². The minimum absolute atomic E-state index is 1.10. The van der Waals surface area contributed by atoms with E-state index in [1.807, 2.05) is 0 Å². The minimum atomic E-state index is 1.10. The Morgan fingerprint density at radius 2 is 0.653 bits per heavy atom. The number of rotatable bonds is 8. The van der Waals surface area contributed by atoms with Gasteiger partial charge in [-0.05, 0) is 144 Å². The first-order chi connectivity index (χ1) is 35.7. The SMILES string of the molecule is c1ccc(-c2cc(-c3ccccc3)cc(N3c4cc5c(cc4-c4ccc(-c6ccccc6)c6cccc3c46)c3cc(-c4ccccc4)ccc3n5-c3cc(-c4ccccc4)cc(-c4ccccc4)c3)c2)cc1. The van der Waals surface area contributed by atoms with Crippen molar-refractivity contribution in [3.63, 3.8) is 0 Å². The summed E-state index contributed by atoms with van der Waals surface area (Å²) in [7, 11) is 0. The maximum Gasteiger partial charge on any atom is 0.0562 e. The summed E-state index contributed by atoms with van der Waals surface area (Å²) in [5.74, 6) is 0. The topological polar surface area (TPSA) is 8.17 Å². The standard InChI is InChI=1S/C70H46N2/c1-7-20-47(21-8-1)53-34-37-66-63(44-53)65-45-64-62-36-35-60(52-30-17-6-18-31-52)61-32-19-33-67(70(61)62)72(59-42-56(50-26-13-4-14-27-50)39-57(43-59)51-28-15-5-16-29-51)68(64)46-69(65)71(66)58-40-54(48-22-9-2-10-23-48)38-55(41-58)49-24-11-3-12-25-49/h1-46H. The van der Waals surface area contributed by atoms with E-state index in [1.165, 1.54) is 99.4 Å². The zero-order valence-corrected chi connectivity index (χ0v) is 39.5. The second-order valence-corrected chi connectivity index (χ2v) is 18.9. The van der Waals surface area contributed by atoms with Crippen molar-refractivity contribution >= 4 is 49.6 Å². The van der Waals surface area contributed by atoms with E-state index < -0.39 is 0 Å². The Labute approximate surface area is 419 Å². The van der Waals surface area contributed by atoms with Crippen molar-refractivity contribution in [3.8, 4) is 83.6 Å². The summed E-state index contributed by atoms with van der Waals surface area (Å²) < 4.78 is 2.52. The molecule has 1 aliphatic heterocycles. The summed E-state index contributed by atoms with van der Waals surface area (Å²) >= 11 is 0. The molecule has 336 valence electrons. The number of aromatic nitrogens is 1. The van der Waals surface area contributed by atoms with Gasteiger partial charge in [0, 0.05) is 33.1 Å². The molecule has 12 aromatic carbocycles. The van der Waals surface area contributed by atoms with Crippen molar-refractivity contribution in [2.75, 3.05) is 4.90 Å². The van der Waals surface area contributed by atoms with Crippen LogP contribution in [0.15, 0.2) is 279 Å². The summed E-state index contributed by atoms with van der Waals surface area (Å²) in [5.41, 5.74) is 23.4. The fraction of sp³-hybridized carbons (Fsp3) is 0. The van der Waals surface area contributed by atoms with Crippen molar-refractivity contribution in [1.82, 2.24) is 4.57 Å². The Hall–Kier alpha value is -9.50. The zero-order valence-electron chi connectivity index (χ0n) is 39.5. The molecule has 0 bridgehead atoms. The molecule has 0 aliphatic carbocycles. The Morgan fingerprint density at radius 3 is 1.17 bits per heavy atom. The van der Waals surface area contributed by atoms with Gasteiger partial charge in [-0.25, -0.2) is 0 Å². The number of benzene rings is 12. The van der Waals surface area contributed by atoms with Gasteiger partial charge in [-0.3, -0.25) is 0 Å². The monoisotopic (exact) mass is 914 g/mol. The summed E-state index contributed by atoms with van der Waals surface area (Å²) in [5, 5.41) is 4.89. The van der Waals surface area contributed by atoms with Crippen molar-refractivity contribution in [2.24, 2.45) is 0 Å². The van der Waals surface area contributed by atoms with Crippen LogP contribution >= 0.6 is 0 Å². The molecule has 0 N–H and O–H groups in total. The van der Waals surface area contributed by atoms with E-state index in [0.29, 0.717) is 0 Å². The Morgan fingerprint density at radius 1 is 0.208 bits per heavy atom. The molecule has 0 fully saturated rings. The van der Waals surface area contributed by atoms with Crippen LogP contribution in [-0.2, 0) is 0 Å². The third-order valence-electron chi connectivity index (χ3n) is 14.6. The highest BCUT2D eigenvalue weighted by molar-refractivity contribution is 6.21. The van der Waals surface area contributed by atoms with E-state index >= 15 is 0 Å². The zero-order chi connectivity index (χ0) is 47.5. The highest BCUT2D eigenvalue weighted by atomic mass is 15.2. The van der Waals surface area contributed by atoms with Crippen molar-refractivity contribution < 1.29 is 0 Å². The van der Waals surface area contributed by atoms with Crippen molar-refractivity contribution in [1.29, 1.82) is 0 Å². The van der Waals surface area contributed by atoms with Gasteiger partial charge in [0.1, 0.15) is 0 Å². The maximum absolute atomic E-state index is 2.55. The lowest BCUT2D eigenvalue weighted by atomic mass is 9.86. The van der Waals surface area contributed by atoms with Crippen molar-refractivity contribution in [3.05, 3.63) is 279 Å². The van der Waals surface area contributed by atoms with Crippen molar-refractivity contribution in [2.45, 2.75) is 0 Å². The normalized spacial score (nSPS) is 11.9. The Kier molecular flexibility index (Phi) is 9.89. The summed E-state index contributed by atoms with van der Waals surface area (Å²) in [6.45, 7) is 0. The first-order valence-corrected chi connectivity index (χ1v) is 24.8.